The Morgan fingerprint density at radius 3 is 2.00 bits per heavy atom. The molecule has 0 bridgehead atoms. The van der Waals surface area contributed by atoms with Crippen molar-refractivity contribution in [1.82, 2.24) is 5.32 Å². The number of amides is 1. The first-order valence-electron chi connectivity index (χ1n) is 11.0. The van der Waals surface area contributed by atoms with Crippen LogP contribution in [-0.4, -0.2) is 17.5 Å². The zero-order valence-electron chi connectivity index (χ0n) is 18.6. The zero-order chi connectivity index (χ0) is 23.5. The smallest absolute Gasteiger partial charge is 0.256 e. The minimum atomic E-state index is -0.308. The third-order valence-electron chi connectivity index (χ3n) is 5.81. The Morgan fingerprint density at radius 1 is 0.735 bits per heavy atom. The summed E-state index contributed by atoms with van der Waals surface area (Å²) >= 11 is 6.12. The Kier molecular flexibility index (Phi) is 6.07. The fourth-order valence-corrected chi connectivity index (χ4v) is 4.21. The highest BCUT2D eigenvalue weighted by Gasteiger charge is 2.26. The van der Waals surface area contributed by atoms with Crippen molar-refractivity contribution in [1.29, 1.82) is 0 Å². The molecule has 1 heterocycles. The molecule has 166 valence electrons. The molecule has 1 aliphatic rings. The SMILES string of the molecule is CC1=Nc2ccccc2N=C(NC(=O)c2ccc(-c3ccccc3)cc2)C1c1ccc(Cl)cc1. The van der Waals surface area contributed by atoms with Gasteiger partial charge >= 0.3 is 0 Å². The van der Waals surface area contributed by atoms with Crippen molar-refractivity contribution in [3.8, 4) is 11.1 Å². The molecule has 1 unspecified atom stereocenters. The van der Waals surface area contributed by atoms with Gasteiger partial charge in [0.25, 0.3) is 5.91 Å². The summed E-state index contributed by atoms with van der Waals surface area (Å²) in [5.41, 5.74) is 6.00. The summed E-state index contributed by atoms with van der Waals surface area (Å²) in [4.78, 5) is 22.9. The van der Waals surface area contributed by atoms with Gasteiger partial charge in [-0.1, -0.05) is 78.3 Å². The monoisotopic (exact) mass is 463 g/mol. The number of nitrogens with zero attached hydrogens (tertiary/aromatic N) is 2. The summed E-state index contributed by atoms with van der Waals surface area (Å²) in [6, 6.07) is 32.9. The Labute approximate surface area is 203 Å². The Hall–Kier alpha value is -4.02. The number of rotatable bonds is 3. The van der Waals surface area contributed by atoms with Crippen LogP contribution in [0.2, 0.25) is 5.02 Å². The zero-order valence-corrected chi connectivity index (χ0v) is 19.3. The van der Waals surface area contributed by atoms with Crippen molar-refractivity contribution in [2.24, 2.45) is 9.98 Å². The molecule has 0 saturated heterocycles. The molecule has 0 spiro atoms. The number of amidine groups is 1. The van der Waals surface area contributed by atoms with Crippen LogP contribution < -0.4 is 5.32 Å². The number of hydrogen-bond acceptors (Lipinski definition) is 3. The molecular formula is C29H22ClN3O. The van der Waals surface area contributed by atoms with E-state index in [1.165, 1.54) is 0 Å². The molecular weight excluding hydrogens is 442 g/mol. The van der Waals surface area contributed by atoms with E-state index in [-0.39, 0.29) is 11.8 Å². The summed E-state index contributed by atoms with van der Waals surface area (Å²) in [7, 11) is 0. The molecule has 1 N–H and O–H groups in total. The first kappa shape index (κ1) is 21.8. The third-order valence-corrected chi connectivity index (χ3v) is 6.06. The highest BCUT2D eigenvalue weighted by molar-refractivity contribution is 6.30. The van der Waals surface area contributed by atoms with Crippen LogP contribution in [0.25, 0.3) is 11.1 Å². The van der Waals surface area contributed by atoms with Crippen LogP contribution in [-0.2, 0) is 0 Å². The molecule has 5 rings (SSSR count). The fraction of sp³-hybridized carbons (Fsp3) is 0.0690. The number of aliphatic imine (C=N–C) groups is 2. The second-order valence-corrected chi connectivity index (χ2v) is 8.56. The van der Waals surface area contributed by atoms with Crippen LogP contribution >= 0.6 is 11.6 Å². The largest absolute Gasteiger partial charge is 0.309 e. The van der Waals surface area contributed by atoms with Gasteiger partial charge in [0.1, 0.15) is 5.84 Å². The van der Waals surface area contributed by atoms with Gasteiger partial charge in [-0.2, -0.15) is 0 Å². The molecule has 0 radical (unpaired) electrons. The van der Waals surface area contributed by atoms with Crippen molar-refractivity contribution in [3.05, 3.63) is 119 Å². The second kappa shape index (κ2) is 9.46. The average molecular weight is 464 g/mol. The van der Waals surface area contributed by atoms with E-state index in [9.17, 15) is 4.79 Å². The number of carbonyl (C=O) groups is 1. The summed E-state index contributed by atoms with van der Waals surface area (Å²) in [6.07, 6.45) is 0. The number of hydrogen-bond donors (Lipinski definition) is 1. The van der Waals surface area contributed by atoms with Gasteiger partial charge in [0, 0.05) is 16.3 Å². The number of halogens is 1. The molecule has 4 aromatic carbocycles. The molecule has 5 heteroatoms. The summed E-state index contributed by atoms with van der Waals surface area (Å²) in [5.74, 6) is 0.00683. The second-order valence-electron chi connectivity index (χ2n) is 8.12. The Bertz CT molecular complexity index is 1390. The molecule has 0 aliphatic carbocycles. The van der Waals surface area contributed by atoms with Crippen molar-refractivity contribution in [2.45, 2.75) is 12.8 Å². The highest BCUT2D eigenvalue weighted by Crippen LogP contribution is 2.34. The standard InChI is InChI=1S/C29H22ClN3O/c1-19-27(22-15-17-24(30)18-16-22)28(32-26-10-6-5-9-25(26)31-19)33-29(34)23-13-11-21(12-14-23)20-7-3-2-4-8-20/h2-18,27H,1H3,(H,32,33,34). The first-order valence-corrected chi connectivity index (χ1v) is 11.4. The van der Waals surface area contributed by atoms with Gasteiger partial charge in [0.05, 0.1) is 17.3 Å². The maximum Gasteiger partial charge on any atom is 0.256 e. The lowest BCUT2D eigenvalue weighted by atomic mass is 9.93. The van der Waals surface area contributed by atoms with Gasteiger partial charge in [-0.3, -0.25) is 9.79 Å². The molecule has 34 heavy (non-hydrogen) atoms. The van der Waals surface area contributed by atoms with Crippen LogP contribution in [0.5, 0.6) is 0 Å². The lowest BCUT2D eigenvalue weighted by Crippen LogP contribution is -2.37. The van der Waals surface area contributed by atoms with E-state index >= 15 is 0 Å². The van der Waals surface area contributed by atoms with Crippen LogP contribution in [0.15, 0.2) is 113 Å². The minimum Gasteiger partial charge on any atom is -0.309 e. The van der Waals surface area contributed by atoms with Gasteiger partial charge in [-0.05, 0) is 60.0 Å². The molecule has 0 saturated carbocycles. The Morgan fingerprint density at radius 2 is 1.32 bits per heavy atom. The van der Waals surface area contributed by atoms with Crippen molar-refractivity contribution < 1.29 is 4.79 Å². The molecule has 4 nitrogen and oxygen atoms in total. The summed E-state index contributed by atoms with van der Waals surface area (Å²) in [5, 5.41) is 3.72. The maximum absolute atomic E-state index is 13.3. The van der Waals surface area contributed by atoms with Crippen LogP contribution in [0.4, 0.5) is 11.4 Å². The molecule has 4 aromatic rings. The van der Waals surface area contributed by atoms with Gasteiger partial charge < -0.3 is 5.32 Å². The fourth-order valence-electron chi connectivity index (χ4n) is 4.09. The highest BCUT2D eigenvalue weighted by atomic mass is 35.5. The van der Waals surface area contributed by atoms with Crippen molar-refractivity contribution in [3.63, 3.8) is 0 Å². The van der Waals surface area contributed by atoms with Crippen molar-refractivity contribution >= 4 is 40.4 Å². The quantitative estimate of drug-likeness (QED) is 0.339. The molecule has 0 aromatic heterocycles. The van der Waals surface area contributed by atoms with Crippen LogP contribution in [0, 0.1) is 0 Å². The summed E-state index contributed by atoms with van der Waals surface area (Å²) in [6.45, 7) is 1.96. The molecule has 1 atom stereocenters. The lowest BCUT2D eigenvalue weighted by molar-refractivity contribution is 0.0976. The van der Waals surface area contributed by atoms with E-state index in [1.54, 1.807) is 0 Å². The van der Waals surface area contributed by atoms with Gasteiger partial charge in [0.15, 0.2) is 0 Å². The average Bonchev–Trinajstić information content (AvgIpc) is 3.00. The van der Waals surface area contributed by atoms with Gasteiger partial charge in [0.2, 0.25) is 0 Å². The third kappa shape index (κ3) is 4.54. The van der Waals surface area contributed by atoms with Gasteiger partial charge in [-0.25, -0.2) is 4.99 Å². The number of para-hydroxylation sites is 2. The van der Waals surface area contributed by atoms with Gasteiger partial charge in [-0.15, -0.1) is 0 Å². The number of fused-ring (bicyclic) bond motifs is 1. The molecule has 0 fully saturated rings. The summed E-state index contributed by atoms with van der Waals surface area (Å²) < 4.78 is 0. The van der Waals surface area contributed by atoms with E-state index in [4.69, 9.17) is 21.6 Å². The normalized spacial score (nSPS) is 14.9. The van der Waals surface area contributed by atoms with E-state index in [0.29, 0.717) is 22.1 Å². The predicted molar refractivity (Wildman–Crippen MR) is 140 cm³/mol. The van der Waals surface area contributed by atoms with E-state index in [0.717, 1.165) is 28.1 Å². The number of benzene rings is 4. The van der Waals surface area contributed by atoms with Crippen LogP contribution in [0.3, 0.4) is 0 Å². The van der Waals surface area contributed by atoms with E-state index in [1.807, 2.05) is 110 Å². The molecule has 1 amide bonds. The minimum absolute atomic E-state index is 0.218. The Balaban J connectivity index is 1.49. The predicted octanol–water partition coefficient (Wildman–Crippen LogP) is 7.36. The van der Waals surface area contributed by atoms with E-state index in [2.05, 4.69) is 5.32 Å². The first-order chi connectivity index (χ1) is 16.6. The van der Waals surface area contributed by atoms with Crippen molar-refractivity contribution in [2.75, 3.05) is 0 Å². The number of carbonyl (C=O) groups excluding carboxylic acids is 1. The topological polar surface area (TPSA) is 53.8 Å². The maximum atomic E-state index is 13.3. The molecule has 1 aliphatic heterocycles. The van der Waals surface area contributed by atoms with Crippen LogP contribution in [0.1, 0.15) is 28.8 Å². The van der Waals surface area contributed by atoms with E-state index < -0.39 is 0 Å². The number of nitrogens with one attached hydrogen (secondary N) is 1. The lowest BCUT2D eigenvalue weighted by Gasteiger charge is -2.19.